The highest BCUT2D eigenvalue weighted by Crippen LogP contribution is 2.20. The van der Waals surface area contributed by atoms with Gasteiger partial charge in [0.25, 0.3) is 5.91 Å². The summed E-state index contributed by atoms with van der Waals surface area (Å²) >= 11 is 1.12. The number of carbonyl (C=O) groups is 2. The molecule has 4 nitrogen and oxygen atoms in total. The Kier molecular flexibility index (Phi) is 2.56. The fourth-order valence-electron chi connectivity index (χ4n) is 0.616. The Morgan fingerprint density at radius 2 is 2.42 bits per heavy atom. The van der Waals surface area contributed by atoms with Crippen molar-refractivity contribution < 1.29 is 9.59 Å². The highest BCUT2D eigenvalue weighted by molar-refractivity contribution is 7.16. The standard InChI is InChI=1S/C7H4N2O2S/c8-3-5-1-2-7(12-5)9-6(11)4-10/h1-2,4H,(H,9,11). The lowest BCUT2D eigenvalue weighted by Crippen LogP contribution is -2.10. The Labute approximate surface area is 72.4 Å². The third-order valence-corrected chi connectivity index (χ3v) is 1.97. The molecule has 0 bridgehead atoms. The zero-order chi connectivity index (χ0) is 8.97. The number of amides is 1. The lowest BCUT2D eigenvalue weighted by Gasteiger charge is -1.91. The van der Waals surface area contributed by atoms with E-state index in [-0.39, 0.29) is 6.29 Å². The summed E-state index contributed by atoms with van der Waals surface area (Å²) < 4.78 is 0. The van der Waals surface area contributed by atoms with E-state index in [0.29, 0.717) is 9.88 Å². The van der Waals surface area contributed by atoms with Crippen LogP contribution in [-0.4, -0.2) is 12.2 Å². The second-order valence-electron chi connectivity index (χ2n) is 1.88. The molecule has 0 aliphatic carbocycles. The van der Waals surface area contributed by atoms with Crippen LogP contribution < -0.4 is 5.32 Å². The van der Waals surface area contributed by atoms with Crippen LogP contribution in [0.5, 0.6) is 0 Å². The lowest BCUT2D eigenvalue weighted by molar-refractivity contribution is -0.127. The second-order valence-corrected chi connectivity index (χ2v) is 2.97. The van der Waals surface area contributed by atoms with Gasteiger partial charge in [-0.3, -0.25) is 9.59 Å². The minimum atomic E-state index is -0.707. The number of rotatable bonds is 2. The number of nitrogens with zero attached hydrogens (tertiary/aromatic N) is 1. The van der Waals surface area contributed by atoms with Crippen molar-refractivity contribution >= 4 is 28.5 Å². The van der Waals surface area contributed by atoms with E-state index in [0.717, 1.165) is 11.3 Å². The van der Waals surface area contributed by atoms with Gasteiger partial charge in [-0.15, -0.1) is 11.3 Å². The fourth-order valence-corrected chi connectivity index (χ4v) is 1.32. The SMILES string of the molecule is N#Cc1ccc(NC(=O)C=O)s1. The van der Waals surface area contributed by atoms with Gasteiger partial charge < -0.3 is 5.32 Å². The van der Waals surface area contributed by atoms with E-state index < -0.39 is 5.91 Å². The van der Waals surface area contributed by atoms with Crippen LogP contribution in [0.1, 0.15) is 4.88 Å². The molecule has 1 aromatic heterocycles. The van der Waals surface area contributed by atoms with Crippen molar-refractivity contribution in [3.8, 4) is 6.07 Å². The van der Waals surface area contributed by atoms with Crippen molar-refractivity contribution in [3.63, 3.8) is 0 Å². The van der Waals surface area contributed by atoms with Gasteiger partial charge in [0.2, 0.25) is 6.29 Å². The van der Waals surface area contributed by atoms with Gasteiger partial charge in [-0.2, -0.15) is 5.26 Å². The van der Waals surface area contributed by atoms with E-state index in [1.807, 2.05) is 6.07 Å². The molecule has 0 aliphatic rings. The highest BCUT2D eigenvalue weighted by Gasteiger charge is 2.02. The van der Waals surface area contributed by atoms with Crippen LogP contribution in [0, 0.1) is 11.3 Å². The Morgan fingerprint density at radius 1 is 1.67 bits per heavy atom. The first-order valence-corrected chi connectivity index (χ1v) is 3.84. The fraction of sp³-hybridized carbons (Fsp3) is 0. The van der Waals surface area contributed by atoms with Gasteiger partial charge in [-0.1, -0.05) is 0 Å². The average molecular weight is 180 g/mol. The van der Waals surface area contributed by atoms with Gasteiger partial charge in [0.15, 0.2) is 0 Å². The van der Waals surface area contributed by atoms with Crippen molar-refractivity contribution in [2.75, 3.05) is 5.32 Å². The Hall–Kier alpha value is -1.67. The summed E-state index contributed by atoms with van der Waals surface area (Å²) in [5.74, 6) is -0.707. The molecule has 0 radical (unpaired) electrons. The first kappa shape index (κ1) is 8.43. The van der Waals surface area contributed by atoms with Gasteiger partial charge in [-0.05, 0) is 12.1 Å². The zero-order valence-corrected chi connectivity index (χ0v) is 6.72. The maximum Gasteiger partial charge on any atom is 0.289 e. The molecule has 12 heavy (non-hydrogen) atoms. The minimum absolute atomic E-state index is 0.186. The predicted molar refractivity (Wildman–Crippen MR) is 43.7 cm³/mol. The van der Waals surface area contributed by atoms with Gasteiger partial charge >= 0.3 is 0 Å². The largest absolute Gasteiger partial charge is 0.311 e. The number of hydrogen-bond acceptors (Lipinski definition) is 4. The molecule has 0 aromatic carbocycles. The van der Waals surface area contributed by atoms with Crippen LogP contribution in [0.25, 0.3) is 0 Å². The number of anilines is 1. The van der Waals surface area contributed by atoms with Gasteiger partial charge in [0.05, 0.1) is 5.00 Å². The molecule has 1 N–H and O–H groups in total. The number of carbonyl (C=O) groups excluding carboxylic acids is 2. The van der Waals surface area contributed by atoms with E-state index >= 15 is 0 Å². The smallest absolute Gasteiger partial charge is 0.289 e. The van der Waals surface area contributed by atoms with Gasteiger partial charge in [-0.25, -0.2) is 0 Å². The van der Waals surface area contributed by atoms with Crippen molar-refractivity contribution in [2.24, 2.45) is 0 Å². The van der Waals surface area contributed by atoms with Crippen molar-refractivity contribution in [1.29, 1.82) is 5.26 Å². The van der Waals surface area contributed by atoms with Crippen LogP contribution in [0.3, 0.4) is 0 Å². The minimum Gasteiger partial charge on any atom is -0.311 e. The number of thiophene rings is 1. The summed E-state index contributed by atoms with van der Waals surface area (Å²) in [4.78, 5) is 20.9. The number of nitrogens with one attached hydrogen (secondary N) is 1. The number of aldehydes is 1. The molecule has 0 spiro atoms. The molecule has 0 saturated heterocycles. The molecule has 0 unspecified atom stereocenters. The van der Waals surface area contributed by atoms with E-state index in [9.17, 15) is 9.59 Å². The van der Waals surface area contributed by atoms with Crippen molar-refractivity contribution in [1.82, 2.24) is 0 Å². The highest BCUT2D eigenvalue weighted by atomic mass is 32.1. The third kappa shape index (κ3) is 1.90. The van der Waals surface area contributed by atoms with Gasteiger partial charge in [0.1, 0.15) is 10.9 Å². The quantitative estimate of drug-likeness (QED) is 0.539. The molecule has 0 saturated carbocycles. The lowest BCUT2D eigenvalue weighted by atomic mass is 10.5. The predicted octanol–water partition coefficient (Wildman–Crippen LogP) is 0.757. The molecule has 1 amide bonds. The van der Waals surface area contributed by atoms with Crippen LogP contribution in [0.15, 0.2) is 12.1 Å². The van der Waals surface area contributed by atoms with E-state index in [1.54, 1.807) is 12.1 Å². The first-order valence-electron chi connectivity index (χ1n) is 3.02. The summed E-state index contributed by atoms with van der Waals surface area (Å²) in [6.45, 7) is 0. The summed E-state index contributed by atoms with van der Waals surface area (Å²) in [5.41, 5.74) is 0. The summed E-state index contributed by atoms with van der Waals surface area (Å²) in [6, 6.07) is 5.07. The molecule has 1 rings (SSSR count). The van der Waals surface area contributed by atoms with Crippen molar-refractivity contribution in [2.45, 2.75) is 0 Å². The zero-order valence-electron chi connectivity index (χ0n) is 5.90. The summed E-state index contributed by atoms with van der Waals surface area (Å²) in [5, 5.41) is 11.2. The molecule has 5 heteroatoms. The Bertz CT molecular complexity index is 351. The molecule has 0 aliphatic heterocycles. The molecular formula is C7H4N2O2S. The Morgan fingerprint density at radius 3 is 2.92 bits per heavy atom. The van der Waals surface area contributed by atoms with E-state index in [4.69, 9.17) is 5.26 Å². The van der Waals surface area contributed by atoms with Crippen LogP contribution in [0.4, 0.5) is 5.00 Å². The number of hydrogen-bond donors (Lipinski definition) is 1. The maximum absolute atomic E-state index is 10.5. The molecule has 60 valence electrons. The molecular weight excluding hydrogens is 176 g/mol. The molecule has 1 heterocycles. The topological polar surface area (TPSA) is 70.0 Å². The molecule has 1 aromatic rings. The third-order valence-electron chi connectivity index (χ3n) is 1.07. The molecule has 0 atom stereocenters. The average Bonchev–Trinajstić information content (AvgIpc) is 2.52. The van der Waals surface area contributed by atoms with E-state index in [2.05, 4.69) is 5.32 Å². The molecule has 0 fully saturated rings. The van der Waals surface area contributed by atoms with Crippen molar-refractivity contribution in [3.05, 3.63) is 17.0 Å². The Balaban J connectivity index is 2.72. The normalized spacial score (nSPS) is 8.58. The summed E-state index contributed by atoms with van der Waals surface area (Å²) in [6.07, 6.45) is 0.186. The van der Waals surface area contributed by atoms with Crippen LogP contribution >= 0.6 is 11.3 Å². The van der Waals surface area contributed by atoms with E-state index in [1.165, 1.54) is 0 Å². The van der Waals surface area contributed by atoms with Gasteiger partial charge in [0, 0.05) is 0 Å². The van der Waals surface area contributed by atoms with Crippen LogP contribution in [-0.2, 0) is 9.59 Å². The first-order chi connectivity index (χ1) is 5.76. The monoisotopic (exact) mass is 180 g/mol. The number of nitriles is 1. The maximum atomic E-state index is 10.5. The second kappa shape index (κ2) is 3.64. The summed E-state index contributed by atoms with van der Waals surface area (Å²) in [7, 11) is 0. The van der Waals surface area contributed by atoms with Crippen LogP contribution in [0.2, 0.25) is 0 Å².